The minimum atomic E-state index is 0.0775. The highest BCUT2D eigenvalue weighted by molar-refractivity contribution is 6.07. The van der Waals surface area contributed by atoms with Gasteiger partial charge in [-0.25, -0.2) is 0 Å². The normalized spacial score (nSPS) is 22.8. The van der Waals surface area contributed by atoms with Crippen LogP contribution in [0.3, 0.4) is 0 Å². The van der Waals surface area contributed by atoms with E-state index in [0.29, 0.717) is 12.0 Å². The molecule has 1 saturated heterocycles. The van der Waals surface area contributed by atoms with Gasteiger partial charge < -0.3 is 15.0 Å². The highest BCUT2D eigenvalue weighted by atomic mass is 16.5. The van der Waals surface area contributed by atoms with E-state index in [1.165, 1.54) is 57.3 Å². The summed E-state index contributed by atoms with van der Waals surface area (Å²) in [6.07, 6.45) is 9.57. The summed E-state index contributed by atoms with van der Waals surface area (Å²) in [5.41, 5.74) is 3.82. The average molecular weight is 483 g/mol. The Hall–Kier alpha value is -2.85. The maximum atomic E-state index is 13.0. The van der Waals surface area contributed by atoms with Gasteiger partial charge in [0.15, 0.2) is 0 Å². The summed E-state index contributed by atoms with van der Waals surface area (Å²) in [7, 11) is 0. The molecule has 36 heavy (non-hydrogen) atoms. The van der Waals surface area contributed by atoms with Crippen LogP contribution in [0.2, 0.25) is 0 Å². The molecule has 0 unspecified atom stereocenters. The molecular formula is C32H38N2O2. The lowest BCUT2D eigenvalue weighted by atomic mass is 9.83. The van der Waals surface area contributed by atoms with Crippen molar-refractivity contribution in [2.75, 3.05) is 26.2 Å². The van der Waals surface area contributed by atoms with Crippen LogP contribution in [0.25, 0.3) is 10.8 Å². The predicted molar refractivity (Wildman–Crippen MR) is 146 cm³/mol. The van der Waals surface area contributed by atoms with Crippen molar-refractivity contribution in [2.24, 2.45) is 5.92 Å². The van der Waals surface area contributed by atoms with Crippen molar-refractivity contribution in [3.8, 4) is 5.75 Å². The van der Waals surface area contributed by atoms with Crippen LogP contribution >= 0.6 is 0 Å². The topological polar surface area (TPSA) is 41.6 Å². The van der Waals surface area contributed by atoms with Crippen LogP contribution < -0.4 is 10.1 Å². The van der Waals surface area contributed by atoms with Crippen LogP contribution in [0, 0.1) is 5.92 Å². The minimum absolute atomic E-state index is 0.0775. The molecule has 1 saturated carbocycles. The number of fused-ring (bicyclic) bond motifs is 2. The number of nitrogens with one attached hydrogen (secondary N) is 1. The van der Waals surface area contributed by atoms with E-state index in [2.05, 4.69) is 40.5 Å². The second-order valence-corrected chi connectivity index (χ2v) is 11.0. The van der Waals surface area contributed by atoms with Crippen LogP contribution in [0.5, 0.6) is 5.75 Å². The first kappa shape index (κ1) is 23.5. The highest BCUT2D eigenvalue weighted by Gasteiger charge is 2.27. The lowest BCUT2D eigenvalue weighted by Gasteiger charge is -2.35. The molecule has 0 bridgehead atoms. The van der Waals surface area contributed by atoms with E-state index >= 15 is 0 Å². The van der Waals surface area contributed by atoms with Crippen molar-refractivity contribution in [1.29, 1.82) is 0 Å². The van der Waals surface area contributed by atoms with E-state index in [4.69, 9.17) is 4.74 Å². The van der Waals surface area contributed by atoms with Gasteiger partial charge in [0.05, 0.1) is 6.61 Å². The van der Waals surface area contributed by atoms with Gasteiger partial charge in [0.1, 0.15) is 5.75 Å². The lowest BCUT2D eigenvalue weighted by Crippen LogP contribution is -2.38. The van der Waals surface area contributed by atoms with Crippen LogP contribution in [0.4, 0.5) is 0 Å². The number of hydrogen-bond acceptors (Lipinski definition) is 3. The molecule has 0 aromatic heterocycles. The van der Waals surface area contributed by atoms with Gasteiger partial charge in [-0.05, 0) is 105 Å². The smallest absolute Gasteiger partial charge is 0.252 e. The second-order valence-electron chi connectivity index (χ2n) is 11.0. The molecule has 3 aliphatic rings. The number of amides is 1. The summed E-state index contributed by atoms with van der Waals surface area (Å²) >= 11 is 0. The summed E-state index contributed by atoms with van der Waals surface area (Å²) < 4.78 is 5.79. The van der Waals surface area contributed by atoms with Gasteiger partial charge in [-0.2, -0.15) is 0 Å². The Morgan fingerprint density at radius 1 is 0.889 bits per heavy atom. The van der Waals surface area contributed by atoms with Crippen molar-refractivity contribution < 1.29 is 9.53 Å². The molecule has 6 rings (SSSR count). The maximum absolute atomic E-state index is 13.0. The highest BCUT2D eigenvalue weighted by Crippen LogP contribution is 2.37. The summed E-state index contributed by atoms with van der Waals surface area (Å²) in [6.45, 7) is 4.50. The number of rotatable bonds is 6. The lowest BCUT2D eigenvalue weighted by molar-refractivity contribution is 0.0921. The minimum Gasteiger partial charge on any atom is -0.493 e. The molecule has 3 aromatic rings. The number of nitrogens with zero attached hydrogens (tertiary/aromatic N) is 1. The molecule has 0 radical (unpaired) electrons. The molecule has 4 heteroatoms. The standard InChI is InChI=1S/C32H38N2O2/c35-32(30-9-3-6-24-5-1-2-7-28(24)30)33-26-13-11-23(12-14-26)15-19-34-20-16-25(17-21-34)27-8-4-10-31-29(27)18-22-36-31/h1-10,23,25-26H,11-22H2,(H,33,35). The monoisotopic (exact) mass is 482 g/mol. The number of benzene rings is 3. The molecule has 188 valence electrons. The Kier molecular flexibility index (Phi) is 6.96. The third-order valence-electron chi connectivity index (χ3n) is 8.88. The zero-order valence-corrected chi connectivity index (χ0v) is 21.3. The van der Waals surface area contributed by atoms with Crippen molar-refractivity contribution in [3.05, 3.63) is 77.4 Å². The molecule has 0 spiro atoms. The van der Waals surface area contributed by atoms with Gasteiger partial charge in [0.25, 0.3) is 5.91 Å². The maximum Gasteiger partial charge on any atom is 0.252 e. The van der Waals surface area contributed by atoms with Crippen LogP contribution in [-0.4, -0.2) is 43.1 Å². The molecule has 1 aliphatic carbocycles. The van der Waals surface area contributed by atoms with Gasteiger partial charge >= 0.3 is 0 Å². The molecular weight excluding hydrogens is 444 g/mol. The predicted octanol–water partition coefficient (Wildman–Crippen LogP) is 6.33. The molecule has 2 heterocycles. The van der Waals surface area contributed by atoms with Crippen LogP contribution in [-0.2, 0) is 6.42 Å². The first-order chi connectivity index (χ1) is 17.7. The first-order valence-electron chi connectivity index (χ1n) is 14.0. The molecule has 4 nitrogen and oxygen atoms in total. The Morgan fingerprint density at radius 2 is 1.67 bits per heavy atom. The zero-order chi connectivity index (χ0) is 24.3. The van der Waals surface area contributed by atoms with Gasteiger partial charge in [0, 0.05) is 23.6 Å². The van der Waals surface area contributed by atoms with Gasteiger partial charge in [-0.3, -0.25) is 4.79 Å². The van der Waals surface area contributed by atoms with E-state index in [0.717, 1.165) is 53.9 Å². The fraction of sp³-hybridized carbons (Fsp3) is 0.469. The van der Waals surface area contributed by atoms with Crippen molar-refractivity contribution in [1.82, 2.24) is 10.2 Å². The number of carbonyl (C=O) groups is 1. The molecule has 2 fully saturated rings. The second kappa shape index (κ2) is 10.6. The Balaban J connectivity index is 0.942. The molecule has 1 N–H and O–H groups in total. The zero-order valence-electron chi connectivity index (χ0n) is 21.3. The quantitative estimate of drug-likeness (QED) is 0.446. The summed E-state index contributed by atoms with van der Waals surface area (Å²) in [4.78, 5) is 15.7. The third-order valence-corrected chi connectivity index (χ3v) is 8.88. The summed E-state index contributed by atoms with van der Waals surface area (Å²) in [5.74, 6) is 2.69. The summed E-state index contributed by atoms with van der Waals surface area (Å²) in [6, 6.07) is 21.1. The number of carbonyl (C=O) groups excluding carboxylic acids is 1. The van der Waals surface area contributed by atoms with Crippen LogP contribution in [0.15, 0.2) is 60.7 Å². The number of likely N-dealkylation sites (tertiary alicyclic amines) is 1. The fourth-order valence-corrected chi connectivity index (χ4v) is 6.75. The Bertz CT molecular complexity index is 1200. The van der Waals surface area contributed by atoms with Crippen molar-refractivity contribution in [2.45, 2.75) is 63.3 Å². The van der Waals surface area contributed by atoms with Gasteiger partial charge in [-0.1, -0.05) is 48.5 Å². The first-order valence-corrected chi connectivity index (χ1v) is 14.0. The molecule has 1 amide bonds. The van der Waals surface area contributed by atoms with Crippen molar-refractivity contribution in [3.63, 3.8) is 0 Å². The Labute approximate surface area is 215 Å². The molecule has 0 atom stereocenters. The molecule has 2 aliphatic heterocycles. The number of hydrogen-bond donors (Lipinski definition) is 1. The van der Waals surface area contributed by atoms with Gasteiger partial charge in [0.2, 0.25) is 0 Å². The fourth-order valence-electron chi connectivity index (χ4n) is 6.75. The van der Waals surface area contributed by atoms with Gasteiger partial charge in [-0.15, -0.1) is 0 Å². The SMILES string of the molecule is O=C(NC1CCC(CCN2CCC(c3cccc4c3CCO4)CC2)CC1)c1cccc2ccccc12. The third kappa shape index (κ3) is 5.01. The Morgan fingerprint density at radius 3 is 2.53 bits per heavy atom. The molecule has 3 aromatic carbocycles. The number of piperidine rings is 1. The number of ether oxygens (including phenoxy) is 1. The van der Waals surface area contributed by atoms with Crippen molar-refractivity contribution >= 4 is 16.7 Å². The van der Waals surface area contributed by atoms with E-state index < -0.39 is 0 Å². The van der Waals surface area contributed by atoms with Crippen LogP contribution in [0.1, 0.15) is 72.3 Å². The largest absolute Gasteiger partial charge is 0.493 e. The van der Waals surface area contributed by atoms with E-state index in [1.54, 1.807) is 5.56 Å². The summed E-state index contributed by atoms with van der Waals surface area (Å²) in [5, 5.41) is 5.50. The van der Waals surface area contributed by atoms with E-state index in [-0.39, 0.29) is 5.91 Å². The van der Waals surface area contributed by atoms with E-state index in [1.807, 2.05) is 30.3 Å². The van der Waals surface area contributed by atoms with E-state index in [9.17, 15) is 4.79 Å². The average Bonchev–Trinajstić information content (AvgIpc) is 3.42.